The molecule has 4 heteroatoms. The van der Waals surface area contributed by atoms with E-state index in [9.17, 15) is 0 Å². The molecule has 4 nitrogen and oxygen atoms in total. The zero-order chi connectivity index (χ0) is 8.23. The van der Waals surface area contributed by atoms with Gasteiger partial charge in [-0.1, -0.05) is 0 Å². The fraction of sp³-hybridized carbons (Fsp3) is 0.125. The molecule has 0 saturated carbocycles. The molecule has 0 aliphatic carbocycles. The minimum absolute atomic E-state index is 0.650. The predicted octanol–water partition coefficient (Wildman–Crippen LogP) is 0.522. The average molecular weight is 159 g/mol. The summed E-state index contributed by atoms with van der Waals surface area (Å²) >= 11 is 0. The number of hydrogen-bond acceptors (Lipinski definition) is 3. The van der Waals surface area contributed by atoms with E-state index in [1.165, 1.54) is 0 Å². The van der Waals surface area contributed by atoms with Crippen molar-refractivity contribution in [2.45, 2.75) is 6.54 Å². The highest BCUT2D eigenvalue weighted by atomic mass is 15.0. The summed E-state index contributed by atoms with van der Waals surface area (Å²) in [5.41, 5.74) is 0. The van der Waals surface area contributed by atoms with E-state index in [2.05, 4.69) is 21.1 Å². The zero-order valence-corrected chi connectivity index (χ0v) is 6.38. The Morgan fingerprint density at radius 2 is 2.42 bits per heavy atom. The molecule has 2 aromatic heterocycles. The van der Waals surface area contributed by atoms with Crippen molar-refractivity contribution in [2.75, 3.05) is 0 Å². The fourth-order valence-electron chi connectivity index (χ4n) is 0.917. The second kappa shape index (κ2) is 3.13. The molecule has 0 saturated heterocycles. The summed E-state index contributed by atoms with van der Waals surface area (Å²) in [6.07, 6.45) is 9.74. The van der Waals surface area contributed by atoms with E-state index in [1.807, 2.05) is 10.8 Å². The molecule has 1 radical (unpaired) electrons. The summed E-state index contributed by atoms with van der Waals surface area (Å²) in [7, 11) is 0. The van der Waals surface area contributed by atoms with Crippen molar-refractivity contribution in [2.24, 2.45) is 0 Å². The molecule has 0 aromatic carbocycles. The second-order valence-electron chi connectivity index (χ2n) is 2.34. The van der Waals surface area contributed by atoms with Gasteiger partial charge in [-0.15, -0.1) is 0 Å². The molecule has 0 aliphatic rings. The number of rotatable bonds is 2. The largest absolute Gasteiger partial charge is 0.330 e. The third-order valence-corrected chi connectivity index (χ3v) is 1.45. The minimum atomic E-state index is 0.650. The van der Waals surface area contributed by atoms with Gasteiger partial charge in [0, 0.05) is 18.6 Å². The van der Waals surface area contributed by atoms with Gasteiger partial charge < -0.3 is 4.57 Å². The lowest BCUT2D eigenvalue weighted by molar-refractivity contribution is 0.742. The molecule has 0 spiro atoms. The minimum Gasteiger partial charge on any atom is -0.330 e. The van der Waals surface area contributed by atoms with E-state index in [0.29, 0.717) is 6.54 Å². The van der Waals surface area contributed by atoms with Gasteiger partial charge in [-0.3, -0.25) is 0 Å². The average Bonchev–Trinajstić information content (AvgIpc) is 2.59. The number of aromatic nitrogens is 4. The monoisotopic (exact) mass is 159 g/mol. The van der Waals surface area contributed by atoms with Crippen LogP contribution < -0.4 is 0 Å². The van der Waals surface area contributed by atoms with Crippen LogP contribution in [0.25, 0.3) is 0 Å². The Bertz CT molecular complexity index is 327. The molecule has 59 valence electrons. The first-order chi connectivity index (χ1) is 5.95. The van der Waals surface area contributed by atoms with Crippen molar-refractivity contribution in [3.8, 4) is 0 Å². The Balaban J connectivity index is 2.15. The second-order valence-corrected chi connectivity index (χ2v) is 2.34. The van der Waals surface area contributed by atoms with E-state index in [0.717, 1.165) is 5.82 Å². The van der Waals surface area contributed by atoms with Crippen molar-refractivity contribution in [1.82, 2.24) is 19.5 Å². The molecule has 0 N–H and O–H groups in total. The summed E-state index contributed by atoms with van der Waals surface area (Å²) in [6, 6.07) is 1.68. The highest BCUT2D eigenvalue weighted by Crippen LogP contribution is 1.92. The van der Waals surface area contributed by atoms with Gasteiger partial charge in [-0.25, -0.2) is 15.0 Å². The lowest BCUT2D eigenvalue weighted by Crippen LogP contribution is -2.00. The molecule has 0 bridgehead atoms. The van der Waals surface area contributed by atoms with Gasteiger partial charge in [0.15, 0.2) is 0 Å². The molecule has 2 rings (SSSR count). The fourth-order valence-corrected chi connectivity index (χ4v) is 0.917. The molecular formula is C8H7N4. The maximum absolute atomic E-state index is 4.06. The van der Waals surface area contributed by atoms with Crippen LogP contribution in [0, 0.1) is 6.20 Å². The topological polar surface area (TPSA) is 43.6 Å². The van der Waals surface area contributed by atoms with Crippen molar-refractivity contribution < 1.29 is 0 Å². The Hall–Kier alpha value is -1.71. The Morgan fingerprint density at radius 3 is 3.08 bits per heavy atom. The summed E-state index contributed by atoms with van der Waals surface area (Å²) < 4.78 is 1.91. The Morgan fingerprint density at radius 1 is 1.42 bits per heavy atom. The molecule has 0 aliphatic heterocycles. The molecule has 2 heterocycles. The Labute approximate surface area is 69.9 Å². The first-order valence-electron chi connectivity index (χ1n) is 3.59. The predicted molar refractivity (Wildman–Crippen MR) is 42.2 cm³/mol. The molecular weight excluding hydrogens is 152 g/mol. The summed E-state index contributed by atoms with van der Waals surface area (Å²) in [6.45, 7) is 0.650. The van der Waals surface area contributed by atoms with Crippen LogP contribution in [0.4, 0.5) is 0 Å². The maximum Gasteiger partial charge on any atom is 0.148 e. The SMILES string of the molecule is [c]1ccnc(Cn2ccnc2)n1. The van der Waals surface area contributed by atoms with Crippen molar-refractivity contribution in [3.05, 3.63) is 43.0 Å². The first-order valence-corrected chi connectivity index (χ1v) is 3.59. The van der Waals surface area contributed by atoms with Crippen LogP contribution in [0.1, 0.15) is 5.82 Å². The van der Waals surface area contributed by atoms with Crippen LogP contribution in [0.5, 0.6) is 0 Å². The molecule has 0 atom stereocenters. The molecule has 0 unspecified atom stereocenters. The summed E-state index contributed by atoms with van der Waals surface area (Å²) in [5.74, 6) is 0.746. The lowest BCUT2D eigenvalue weighted by Gasteiger charge is -1.97. The van der Waals surface area contributed by atoms with Gasteiger partial charge in [0.05, 0.1) is 19.1 Å². The highest BCUT2D eigenvalue weighted by Gasteiger charge is 1.94. The molecule has 2 aromatic rings. The van der Waals surface area contributed by atoms with E-state index in [1.54, 1.807) is 24.8 Å². The van der Waals surface area contributed by atoms with Crippen LogP contribution in [0.15, 0.2) is 31.0 Å². The normalized spacial score (nSPS) is 10.0. The molecule has 0 amide bonds. The van der Waals surface area contributed by atoms with Gasteiger partial charge in [0.25, 0.3) is 0 Å². The quantitative estimate of drug-likeness (QED) is 0.641. The van der Waals surface area contributed by atoms with Crippen LogP contribution in [-0.2, 0) is 6.54 Å². The summed E-state index contributed by atoms with van der Waals surface area (Å²) in [5, 5.41) is 0. The first kappa shape index (κ1) is 6.97. The van der Waals surface area contributed by atoms with E-state index < -0.39 is 0 Å². The van der Waals surface area contributed by atoms with Crippen LogP contribution in [-0.4, -0.2) is 19.5 Å². The standard InChI is InChI=1S/C8H7N4/c1-2-10-8(11-3-1)6-12-5-4-9-7-12/h1-2,4-5,7H,6H2. The lowest BCUT2D eigenvalue weighted by atomic mass is 10.5. The van der Waals surface area contributed by atoms with Gasteiger partial charge in [-0.05, 0) is 6.07 Å². The number of imidazole rings is 1. The van der Waals surface area contributed by atoms with Crippen molar-refractivity contribution in [1.29, 1.82) is 0 Å². The van der Waals surface area contributed by atoms with Gasteiger partial charge in [-0.2, -0.15) is 0 Å². The van der Waals surface area contributed by atoms with Crippen molar-refractivity contribution in [3.63, 3.8) is 0 Å². The van der Waals surface area contributed by atoms with Crippen molar-refractivity contribution >= 4 is 0 Å². The van der Waals surface area contributed by atoms with Gasteiger partial charge in [0.1, 0.15) is 5.82 Å². The Kier molecular flexibility index (Phi) is 1.82. The van der Waals surface area contributed by atoms with Crippen LogP contribution in [0.2, 0.25) is 0 Å². The van der Waals surface area contributed by atoms with Crippen LogP contribution >= 0.6 is 0 Å². The third-order valence-electron chi connectivity index (χ3n) is 1.45. The molecule has 12 heavy (non-hydrogen) atoms. The van der Waals surface area contributed by atoms with Crippen LogP contribution in [0.3, 0.4) is 0 Å². The smallest absolute Gasteiger partial charge is 0.148 e. The van der Waals surface area contributed by atoms with Gasteiger partial charge >= 0.3 is 0 Å². The number of hydrogen-bond donors (Lipinski definition) is 0. The van der Waals surface area contributed by atoms with E-state index in [-0.39, 0.29) is 0 Å². The van der Waals surface area contributed by atoms with Gasteiger partial charge in [0.2, 0.25) is 0 Å². The van der Waals surface area contributed by atoms with E-state index in [4.69, 9.17) is 0 Å². The summed E-state index contributed by atoms with van der Waals surface area (Å²) in [4.78, 5) is 11.9. The molecule has 0 fully saturated rings. The zero-order valence-electron chi connectivity index (χ0n) is 6.38. The van der Waals surface area contributed by atoms with E-state index >= 15 is 0 Å². The highest BCUT2D eigenvalue weighted by molar-refractivity contribution is 4.89. The maximum atomic E-state index is 4.06. The number of nitrogens with zero attached hydrogens (tertiary/aromatic N) is 4. The third kappa shape index (κ3) is 1.47.